The van der Waals surface area contributed by atoms with Crippen molar-refractivity contribution in [2.75, 3.05) is 23.8 Å². The van der Waals surface area contributed by atoms with E-state index in [1.54, 1.807) is 6.92 Å². The van der Waals surface area contributed by atoms with Crippen molar-refractivity contribution >= 4 is 23.2 Å². The monoisotopic (exact) mass is 450 g/mol. The summed E-state index contributed by atoms with van der Waals surface area (Å²) in [7, 11) is 0. The lowest BCUT2D eigenvalue weighted by Crippen LogP contribution is -2.36. The number of Topliss-reactive ketones (excluding diaryl/α,β-unsaturated/α-hetero) is 2. The van der Waals surface area contributed by atoms with Crippen LogP contribution in [0.15, 0.2) is 24.3 Å². The fourth-order valence-corrected chi connectivity index (χ4v) is 4.45. The minimum Gasteiger partial charge on any atom is -0.463 e. The molecule has 1 aliphatic heterocycles. The maximum absolute atomic E-state index is 12.4. The van der Waals surface area contributed by atoms with Crippen molar-refractivity contribution in [2.24, 2.45) is 11.8 Å². The maximum atomic E-state index is 12.4. The number of carbonyl (C=O) groups excluding carboxylic acids is 2. The highest BCUT2D eigenvalue weighted by atomic mass is 16.5. The fraction of sp³-hybridized carbons (Fsp3) is 0.538. The molecule has 1 saturated carbocycles. The van der Waals surface area contributed by atoms with Crippen molar-refractivity contribution in [1.29, 1.82) is 0 Å². The summed E-state index contributed by atoms with van der Waals surface area (Å²) in [4.78, 5) is 35.4. The van der Waals surface area contributed by atoms with E-state index >= 15 is 0 Å². The molecule has 2 N–H and O–H groups in total. The van der Waals surface area contributed by atoms with Crippen LogP contribution in [0.25, 0.3) is 0 Å². The number of carbonyl (C=O) groups is 2. The zero-order chi connectivity index (χ0) is 23.4. The first-order valence-electron chi connectivity index (χ1n) is 12.1. The van der Waals surface area contributed by atoms with E-state index in [9.17, 15) is 9.59 Å². The molecular weight excluding hydrogens is 416 g/mol. The molecule has 2 aromatic rings. The molecular formula is C26H34N4O3. The third-order valence-corrected chi connectivity index (χ3v) is 6.50. The van der Waals surface area contributed by atoms with Gasteiger partial charge in [0.2, 0.25) is 0 Å². The summed E-state index contributed by atoms with van der Waals surface area (Å²) in [6.45, 7) is 5.15. The van der Waals surface area contributed by atoms with E-state index in [0.29, 0.717) is 30.4 Å². The van der Waals surface area contributed by atoms with Gasteiger partial charge in [0.15, 0.2) is 5.78 Å². The Morgan fingerprint density at radius 1 is 1.27 bits per heavy atom. The van der Waals surface area contributed by atoms with Gasteiger partial charge in [-0.15, -0.1) is 0 Å². The predicted molar refractivity (Wildman–Crippen MR) is 128 cm³/mol. The molecule has 0 saturated heterocycles. The Balaban J connectivity index is 1.52. The number of anilines is 2. The number of nitrogens with zero attached hydrogens (tertiary/aromatic N) is 3. The van der Waals surface area contributed by atoms with Gasteiger partial charge in [0.25, 0.3) is 0 Å². The summed E-state index contributed by atoms with van der Waals surface area (Å²) in [5.41, 5.74) is 9.08. The molecule has 1 fully saturated rings. The Labute approximate surface area is 195 Å². The SMILES string of the molecule is CCCCOc1nc(N)c2c(n1)N(Cc1cccc(CC(CC3CC3)C(C)=O)c1)CC(=O)C2. The number of fused-ring (bicyclic) bond motifs is 1. The van der Waals surface area contributed by atoms with Crippen LogP contribution < -0.4 is 15.4 Å². The number of benzene rings is 1. The van der Waals surface area contributed by atoms with Crippen LogP contribution in [-0.2, 0) is 29.0 Å². The Kier molecular flexibility index (Phi) is 7.26. The van der Waals surface area contributed by atoms with Gasteiger partial charge in [-0.3, -0.25) is 9.59 Å². The van der Waals surface area contributed by atoms with Crippen LogP contribution in [0.4, 0.5) is 11.6 Å². The topological polar surface area (TPSA) is 98.4 Å². The highest BCUT2D eigenvalue weighted by Crippen LogP contribution is 2.36. The molecule has 4 rings (SSSR count). The average Bonchev–Trinajstić information content (AvgIpc) is 3.59. The van der Waals surface area contributed by atoms with E-state index in [1.165, 1.54) is 12.8 Å². The summed E-state index contributed by atoms with van der Waals surface area (Å²) >= 11 is 0. The second-order valence-electron chi connectivity index (χ2n) is 9.48. The molecule has 33 heavy (non-hydrogen) atoms. The quantitative estimate of drug-likeness (QED) is 0.518. The average molecular weight is 451 g/mol. The number of unbranched alkanes of at least 4 members (excludes halogenated alkanes) is 1. The van der Waals surface area contributed by atoms with E-state index in [-0.39, 0.29) is 36.5 Å². The summed E-state index contributed by atoms with van der Waals surface area (Å²) < 4.78 is 5.69. The Morgan fingerprint density at radius 2 is 2.06 bits per heavy atom. The Hall–Kier alpha value is -2.96. The first kappa shape index (κ1) is 23.2. The van der Waals surface area contributed by atoms with Gasteiger partial charge in [-0.2, -0.15) is 9.97 Å². The van der Waals surface area contributed by atoms with Crippen molar-refractivity contribution < 1.29 is 14.3 Å². The zero-order valence-corrected chi connectivity index (χ0v) is 19.7. The van der Waals surface area contributed by atoms with Gasteiger partial charge >= 0.3 is 6.01 Å². The smallest absolute Gasteiger partial charge is 0.320 e. The molecule has 2 heterocycles. The van der Waals surface area contributed by atoms with Gasteiger partial charge in [0.05, 0.1) is 13.2 Å². The summed E-state index contributed by atoms with van der Waals surface area (Å²) in [6.07, 6.45) is 6.43. The molecule has 1 aromatic heterocycles. The number of nitrogens with two attached hydrogens (primary N) is 1. The zero-order valence-electron chi connectivity index (χ0n) is 19.7. The number of nitrogen functional groups attached to an aromatic ring is 1. The molecule has 1 aromatic carbocycles. The van der Waals surface area contributed by atoms with Crippen molar-refractivity contribution in [2.45, 2.75) is 65.3 Å². The second-order valence-corrected chi connectivity index (χ2v) is 9.48. The molecule has 0 bridgehead atoms. The molecule has 0 radical (unpaired) electrons. The number of hydrogen-bond donors (Lipinski definition) is 1. The molecule has 7 heteroatoms. The molecule has 7 nitrogen and oxygen atoms in total. The molecule has 1 unspecified atom stereocenters. The van der Waals surface area contributed by atoms with E-state index in [0.717, 1.165) is 42.7 Å². The molecule has 176 valence electrons. The normalized spacial score (nSPS) is 16.4. The summed E-state index contributed by atoms with van der Waals surface area (Å²) in [5.74, 6) is 2.15. The third-order valence-electron chi connectivity index (χ3n) is 6.50. The van der Waals surface area contributed by atoms with Crippen molar-refractivity contribution in [1.82, 2.24) is 9.97 Å². The van der Waals surface area contributed by atoms with Crippen LogP contribution in [0.5, 0.6) is 6.01 Å². The predicted octanol–water partition coefficient (Wildman–Crippen LogP) is 3.92. The number of ketones is 2. The lowest BCUT2D eigenvalue weighted by molar-refractivity contribution is -0.121. The van der Waals surface area contributed by atoms with Crippen LogP contribution in [0.2, 0.25) is 0 Å². The number of rotatable bonds is 11. The lowest BCUT2D eigenvalue weighted by Gasteiger charge is -2.30. The van der Waals surface area contributed by atoms with Crippen LogP contribution >= 0.6 is 0 Å². The third kappa shape index (κ3) is 6.09. The standard InChI is InChI=1S/C26H34N4O3/c1-3-4-10-33-26-28-24(27)23-14-22(32)16-30(25(23)29-26)15-20-7-5-6-19(11-20)13-21(17(2)31)12-18-8-9-18/h5-7,11,18,21H,3-4,8-10,12-16H2,1-2H3,(H2,27,28,29). The van der Waals surface area contributed by atoms with Gasteiger partial charge in [0, 0.05) is 24.4 Å². The molecule has 2 aliphatic rings. The Bertz CT molecular complexity index is 1020. The minimum atomic E-state index is 0.0837. The minimum absolute atomic E-state index is 0.0837. The van der Waals surface area contributed by atoms with Gasteiger partial charge < -0.3 is 15.4 Å². The summed E-state index contributed by atoms with van der Waals surface area (Å²) in [6, 6.07) is 8.57. The van der Waals surface area contributed by atoms with Crippen LogP contribution in [0.3, 0.4) is 0 Å². The molecule has 1 aliphatic carbocycles. The van der Waals surface area contributed by atoms with E-state index in [4.69, 9.17) is 10.5 Å². The van der Waals surface area contributed by atoms with Crippen molar-refractivity contribution in [3.05, 3.63) is 41.0 Å². The number of ether oxygens (including phenoxy) is 1. The van der Waals surface area contributed by atoms with Gasteiger partial charge in [-0.1, -0.05) is 50.5 Å². The van der Waals surface area contributed by atoms with Crippen molar-refractivity contribution in [3.63, 3.8) is 0 Å². The van der Waals surface area contributed by atoms with E-state index < -0.39 is 0 Å². The molecule has 0 spiro atoms. The van der Waals surface area contributed by atoms with Crippen LogP contribution in [-0.4, -0.2) is 34.7 Å². The largest absolute Gasteiger partial charge is 0.463 e. The van der Waals surface area contributed by atoms with Crippen molar-refractivity contribution in [3.8, 4) is 6.01 Å². The highest BCUT2D eigenvalue weighted by molar-refractivity contribution is 5.91. The number of aromatic nitrogens is 2. The fourth-order valence-electron chi connectivity index (χ4n) is 4.45. The first-order valence-corrected chi connectivity index (χ1v) is 12.1. The summed E-state index contributed by atoms with van der Waals surface area (Å²) in [5, 5.41) is 0. The Morgan fingerprint density at radius 3 is 2.79 bits per heavy atom. The lowest BCUT2D eigenvalue weighted by atomic mass is 9.90. The van der Waals surface area contributed by atoms with Crippen LogP contribution in [0.1, 0.15) is 62.6 Å². The van der Waals surface area contributed by atoms with Gasteiger partial charge in [-0.25, -0.2) is 0 Å². The highest BCUT2D eigenvalue weighted by Gasteiger charge is 2.29. The van der Waals surface area contributed by atoms with E-state index in [2.05, 4.69) is 35.1 Å². The van der Waals surface area contributed by atoms with Gasteiger partial charge in [0.1, 0.15) is 17.4 Å². The van der Waals surface area contributed by atoms with Crippen LogP contribution in [0, 0.1) is 11.8 Å². The second kappa shape index (κ2) is 10.3. The van der Waals surface area contributed by atoms with E-state index in [1.807, 2.05) is 11.0 Å². The van der Waals surface area contributed by atoms with Gasteiger partial charge in [-0.05, 0) is 43.2 Å². The maximum Gasteiger partial charge on any atom is 0.320 e. The molecule has 1 atom stereocenters. The first-order chi connectivity index (χ1) is 15.9. The molecule has 0 amide bonds. The number of hydrogen-bond acceptors (Lipinski definition) is 7.